The molecule has 11 rings (SSSR count). The van der Waals surface area contributed by atoms with Crippen molar-refractivity contribution in [3.8, 4) is 56.0 Å². The molecule has 0 atom stereocenters. The van der Waals surface area contributed by atoms with Crippen molar-refractivity contribution in [1.82, 2.24) is 4.98 Å². The number of para-hydroxylation sites is 4. The highest BCUT2D eigenvalue weighted by molar-refractivity contribution is 5.99. The van der Waals surface area contributed by atoms with E-state index >= 15 is 0 Å². The molecular weight excluding hydrogens is 973 g/mol. The number of hydrogen-bond acceptors (Lipinski definition) is 5. The van der Waals surface area contributed by atoms with E-state index in [1.54, 1.807) is 30.5 Å². The Hall–Kier alpha value is -7.89. The van der Waals surface area contributed by atoms with Gasteiger partial charge in [0.15, 0.2) is 0 Å². The van der Waals surface area contributed by atoms with Crippen LogP contribution in [0.25, 0.3) is 44.5 Å². The van der Waals surface area contributed by atoms with Crippen LogP contribution in [0.1, 0.15) is 151 Å². The molecule has 80 heavy (non-hydrogen) atoms. The highest BCUT2D eigenvalue weighted by Crippen LogP contribution is 2.53. The maximum absolute atomic E-state index is 9.65. The van der Waals surface area contributed by atoms with Gasteiger partial charge in [0.25, 0.3) is 0 Å². The van der Waals surface area contributed by atoms with Gasteiger partial charge in [0.1, 0.15) is 24.0 Å². The van der Waals surface area contributed by atoms with E-state index in [0.29, 0.717) is 40.4 Å². The van der Waals surface area contributed by atoms with Crippen LogP contribution in [0.4, 0.5) is 34.3 Å². The summed E-state index contributed by atoms with van der Waals surface area (Å²) in [6.45, 7) is 25.6. The van der Waals surface area contributed by atoms with Gasteiger partial charge in [0, 0.05) is 50.0 Å². The topological polar surface area (TPSA) is 40.6 Å². The molecule has 1 aliphatic heterocycles. The molecule has 0 amide bonds. The molecule has 0 fully saturated rings. The van der Waals surface area contributed by atoms with Crippen molar-refractivity contribution in [2.75, 3.05) is 21.8 Å². The summed E-state index contributed by atoms with van der Waals surface area (Å²) < 4.78 is 107. The predicted octanol–water partition coefficient (Wildman–Crippen LogP) is 21.1. The number of aromatic nitrogens is 1. The average molecular weight is 1060 g/mol. The van der Waals surface area contributed by atoms with Gasteiger partial charge >= 0.3 is 0 Å². The van der Waals surface area contributed by atoms with Gasteiger partial charge in [0.05, 0.1) is 28.0 Å². The van der Waals surface area contributed by atoms with E-state index in [1.807, 2.05) is 81.4 Å². The molecule has 0 bridgehead atoms. The normalized spacial score (nSPS) is 17.0. The highest BCUT2D eigenvalue weighted by atomic mass is 16.5. The summed E-state index contributed by atoms with van der Waals surface area (Å²) in [7, 11) is 0. The van der Waals surface area contributed by atoms with Crippen LogP contribution in [-0.4, -0.2) is 11.7 Å². The second-order valence-electron chi connectivity index (χ2n) is 26.1. The Balaban J connectivity index is 0.950. The lowest BCUT2D eigenvalue weighted by molar-refractivity contribution is 0.333. The van der Waals surface area contributed by atoms with E-state index in [-0.39, 0.29) is 86.1 Å². The molecule has 0 spiro atoms. The molecule has 9 aromatic rings. The Bertz CT molecular complexity index is 4320. The van der Waals surface area contributed by atoms with Crippen LogP contribution in [0.15, 0.2) is 188 Å². The van der Waals surface area contributed by atoms with Gasteiger partial charge in [-0.3, -0.25) is 0 Å². The van der Waals surface area contributed by atoms with Crippen molar-refractivity contribution in [1.29, 1.82) is 0 Å². The Labute approximate surface area is 493 Å². The summed E-state index contributed by atoms with van der Waals surface area (Å²) in [5.74, 6) is 1.09. The zero-order chi connectivity index (χ0) is 66.0. The maximum Gasteiger partial charge on any atom is 0.130 e. The molecule has 0 unspecified atom stereocenters. The van der Waals surface area contributed by atoms with E-state index in [4.69, 9.17) is 17.9 Å². The van der Waals surface area contributed by atoms with Gasteiger partial charge in [0.2, 0.25) is 0 Å². The summed E-state index contributed by atoms with van der Waals surface area (Å²) in [6.07, 6.45) is 3.48. The predicted molar refractivity (Wildman–Crippen MR) is 340 cm³/mol. The fourth-order valence-corrected chi connectivity index (χ4v) is 11.4. The number of fused-ring (bicyclic) bond motifs is 2. The lowest BCUT2D eigenvalue weighted by atomic mass is 9.61. The van der Waals surface area contributed by atoms with Gasteiger partial charge < -0.3 is 19.9 Å². The number of nitrogens with zero attached hydrogens (tertiary/aromatic N) is 3. The quantitative estimate of drug-likeness (QED) is 0.148. The Morgan fingerprint density at radius 2 is 1.14 bits per heavy atom. The molecule has 2 aliphatic rings. The van der Waals surface area contributed by atoms with Gasteiger partial charge in [-0.1, -0.05) is 217 Å². The van der Waals surface area contributed by atoms with Crippen molar-refractivity contribution >= 4 is 34.3 Å². The van der Waals surface area contributed by atoms with E-state index in [1.165, 1.54) is 11.6 Å². The van der Waals surface area contributed by atoms with Crippen LogP contribution < -0.4 is 19.9 Å². The molecule has 5 heteroatoms. The van der Waals surface area contributed by atoms with Crippen molar-refractivity contribution < 1.29 is 19.8 Å². The van der Waals surface area contributed by atoms with Crippen molar-refractivity contribution in [3.63, 3.8) is 0 Å². The number of ether oxygens (including phenoxy) is 1. The Kier molecular flexibility index (Phi) is 10.7. The minimum Gasteiger partial charge on any atom is -0.457 e. The number of nitrogens with one attached hydrogen (secondary N) is 1. The zero-order valence-corrected chi connectivity index (χ0v) is 48.7. The van der Waals surface area contributed by atoms with Crippen LogP contribution >= 0.6 is 0 Å². The lowest BCUT2D eigenvalue weighted by Gasteiger charge is -2.43. The van der Waals surface area contributed by atoms with Crippen LogP contribution in [0, 0.1) is 6.85 Å². The number of benzene rings is 8. The second kappa shape index (κ2) is 20.3. The maximum atomic E-state index is 9.65. The third kappa shape index (κ3) is 10.6. The monoisotopic (exact) mass is 1060 g/mol. The molecule has 0 radical (unpaired) electrons. The second-order valence-corrected chi connectivity index (χ2v) is 26.1. The number of aryl methyl sites for hydroxylation is 1. The summed E-state index contributed by atoms with van der Waals surface area (Å²) in [6, 6.07) is 41.2. The Morgan fingerprint density at radius 3 is 1.81 bits per heavy atom. The largest absolute Gasteiger partial charge is 0.457 e. The summed E-state index contributed by atoms with van der Waals surface area (Å²) in [4.78, 5) is 9.15. The minimum absolute atomic E-state index is 0.0350. The van der Waals surface area contributed by atoms with E-state index < -0.39 is 24.4 Å². The van der Waals surface area contributed by atoms with Gasteiger partial charge in [-0.05, 0) is 151 Å². The number of hydrogen-bond donors (Lipinski definition) is 1. The smallest absolute Gasteiger partial charge is 0.130 e. The zero-order valence-electron chi connectivity index (χ0n) is 59.7. The first-order chi connectivity index (χ1) is 42.5. The molecule has 406 valence electrons. The summed E-state index contributed by atoms with van der Waals surface area (Å²) in [5.41, 5.74) is 11.6. The molecule has 1 aromatic heterocycles. The molecule has 0 saturated heterocycles. The average Bonchev–Trinajstić information content (AvgIpc) is 1.65. The van der Waals surface area contributed by atoms with Crippen LogP contribution in [0.2, 0.25) is 0 Å². The fourth-order valence-electron chi connectivity index (χ4n) is 11.4. The first-order valence-electron chi connectivity index (χ1n) is 33.4. The molecule has 1 aliphatic carbocycles. The molecule has 0 saturated carbocycles. The Morgan fingerprint density at radius 1 is 0.525 bits per heavy atom. The molecule has 5 nitrogen and oxygen atoms in total. The fraction of sp³-hybridized carbons (Fsp3) is 0.293. The standard InChI is InChI=1S/C75H80N4O/c1-49-42-68(76-47-63(49)62-27-21-28-64-69(62)75(13,14)41-40-74(64,11)12)77-65-29-16-15-24-59(65)50-34-38-57(39-35-50)80-58-23-19-22-56(46-58)78-48-79(67-31-18-17-30-66(67)78)70-60(51-32-36-53(37-33-51)71(2,3)4)25-20-26-61(70)52-43-54(72(5,6)7)45-55(44-52)73(8,9)10/h15-39,42-47H,40-41,48H2,1-14H3,(H,76,77)/i1D3,15D,16D,24D,29D,32D,33D,36D,37D. The van der Waals surface area contributed by atoms with E-state index in [9.17, 15) is 6.85 Å². The molecule has 2 heterocycles. The van der Waals surface area contributed by atoms with Gasteiger partial charge in [-0.2, -0.15) is 0 Å². The first kappa shape index (κ1) is 42.1. The third-order valence-corrected chi connectivity index (χ3v) is 16.2. The minimum atomic E-state index is -2.56. The van der Waals surface area contributed by atoms with Crippen molar-refractivity contribution in [2.24, 2.45) is 0 Å². The number of pyridine rings is 1. The molecular formula is C75H80N4O. The molecule has 1 N–H and O–H groups in total. The summed E-state index contributed by atoms with van der Waals surface area (Å²) in [5, 5.41) is 3.15. The van der Waals surface area contributed by atoms with E-state index in [0.717, 1.165) is 69.0 Å². The van der Waals surface area contributed by atoms with Crippen LogP contribution in [0.3, 0.4) is 0 Å². The van der Waals surface area contributed by atoms with Gasteiger partial charge in [-0.25, -0.2) is 4.98 Å². The number of anilines is 6. The summed E-state index contributed by atoms with van der Waals surface area (Å²) >= 11 is 0. The van der Waals surface area contributed by atoms with Crippen molar-refractivity contribution in [2.45, 2.75) is 137 Å². The SMILES string of the molecule is [2H]c1c([2H])c([2H])c(-c2ccc(Oc3cccc(N4CN(c5c(-c6cc(C(C)(C)C)cc(C(C)(C)C)c6)cccc5-c5c([2H])c([2H])c(C(C)(C)C)c([2H])c5[2H])c5ccccc54)c3)cc2)c(Nc2cc(C([2H])([2H])[2H])c(-c3cccc4c3C(C)(C)CCC4(C)C)cn2)c1[2H]. The number of rotatable bonds is 10. The van der Waals surface area contributed by atoms with Crippen LogP contribution in [-0.2, 0) is 27.1 Å². The third-order valence-electron chi connectivity index (χ3n) is 16.2. The first-order valence-corrected chi connectivity index (χ1v) is 27.9. The van der Waals surface area contributed by atoms with E-state index in [2.05, 4.69) is 127 Å². The lowest BCUT2D eigenvalue weighted by Crippen LogP contribution is -2.34. The van der Waals surface area contributed by atoms with Crippen molar-refractivity contribution in [3.05, 3.63) is 221 Å². The molecule has 8 aromatic carbocycles. The van der Waals surface area contributed by atoms with Gasteiger partial charge in [-0.15, -0.1) is 0 Å². The van der Waals surface area contributed by atoms with Crippen LogP contribution in [0.5, 0.6) is 11.5 Å². The highest BCUT2D eigenvalue weighted by Gasteiger charge is 2.39.